The maximum atomic E-state index is 5.71. The summed E-state index contributed by atoms with van der Waals surface area (Å²) in [6.07, 6.45) is 1.04. The number of nitrogens with two attached hydrogens (primary N) is 1. The van der Waals surface area contributed by atoms with Crippen LogP contribution in [0.4, 0.5) is 0 Å². The molecule has 0 radical (unpaired) electrons. The van der Waals surface area contributed by atoms with Gasteiger partial charge in [-0.1, -0.05) is 6.92 Å². The minimum Gasteiger partial charge on any atom is -0.379 e. The molecule has 3 N–H and O–H groups in total. The Balaban J connectivity index is 2.35. The highest BCUT2D eigenvalue weighted by Gasteiger charge is 2.23. The molecule has 0 aromatic rings. The molecule has 13 heavy (non-hydrogen) atoms. The Bertz CT molecular complexity index is 142. The standard InChI is InChI=1S/C9H21N3O/c1-3-9(2,8-10)11-12-4-6-13-7-5-12/h11H,3-8,10H2,1-2H3. The molecule has 4 heteroatoms. The summed E-state index contributed by atoms with van der Waals surface area (Å²) in [7, 11) is 0. The molecule has 1 fully saturated rings. The predicted octanol–water partition coefficient (Wildman–Crippen LogP) is -0.0494. The van der Waals surface area contributed by atoms with Crippen molar-refractivity contribution in [1.29, 1.82) is 0 Å². The molecule has 1 aliphatic heterocycles. The van der Waals surface area contributed by atoms with Gasteiger partial charge in [-0.25, -0.2) is 10.4 Å². The Morgan fingerprint density at radius 1 is 1.46 bits per heavy atom. The van der Waals surface area contributed by atoms with Gasteiger partial charge in [-0.05, 0) is 13.3 Å². The fourth-order valence-electron chi connectivity index (χ4n) is 1.33. The van der Waals surface area contributed by atoms with Gasteiger partial charge in [0.25, 0.3) is 0 Å². The van der Waals surface area contributed by atoms with Gasteiger partial charge in [0.1, 0.15) is 0 Å². The van der Waals surface area contributed by atoms with E-state index in [-0.39, 0.29) is 5.54 Å². The number of hydrazine groups is 1. The number of nitrogens with zero attached hydrogens (tertiary/aromatic N) is 1. The van der Waals surface area contributed by atoms with E-state index in [1.807, 2.05) is 0 Å². The minimum atomic E-state index is 0.0390. The lowest BCUT2D eigenvalue weighted by atomic mass is 10.0. The minimum absolute atomic E-state index is 0.0390. The third-order valence-electron chi connectivity index (χ3n) is 2.67. The van der Waals surface area contributed by atoms with Crippen LogP contribution in [0.25, 0.3) is 0 Å². The summed E-state index contributed by atoms with van der Waals surface area (Å²) in [4.78, 5) is 0. The Hall–Kier alpha value is -0.160. The topological polar surface area (TPSA) is 50.5 Å². The molecule has 0 bridgehead atoms. The second-order valence-corrected chi connectivity index (χ2v) is 3.83. The first-order chi connectivity index (χ1) is 6.20. The summed E-state index contributed by atoms with van der Waals surface area (Å²) in [6.45, 7) is 8.52. The highest BCUT2D eigenvalue weighted by Crippen LogP contribution is 2.08. The van der Waals surface area contributed by atoms with E-state index >= 15 is 0 Å². The predicted molar refractivity (Wildman–Crippen MR) is 53.3 cm³/mol. The average Bonchev–Trinajstić information content (AvgIpc) is 2.19. The maximum absolute atomic E-state index is 5.71. The van der Waals surface area contributed by atoms with E-state index in [9.17, 15) is 0 Å². The Labute approximate surface area is 80.4 Å². The first-order valence-corrected chi connectivity index (χ1v) is 5.01. The van der Waals surface area contributed by atoms with Crippen molar-refractivity contribution in [2.24, 2.45) is 5.73 Å². The normalized spacial score (nSPS) is 24.2. The van der Waals surface area contributed by atoms with Crippen LogP contribution in [0.2, 0.25) is 0 Å². The van der Waals surface area contributed by atoms with Crippen molar-refractivity contribution >= 4 is 0 Å². The smallest absolute Gasteiger partial charge is 0.0608 e. The van der Waals surface area contributed by atoms with E-state index in [1.165, 1.54) is 0 Å². The fraction of sp³-hybridized carbons (Fsp3) is 1.00. The quantitative estimate of drug-likeness (QED) is 0.648. The molecule has 0 saturated carbocycles. The molecule has 1 saturated heterocycles. The lowest BCUT2D eigenvalue weighted by Gasteiger charge is -2.37. The molecular weight excluding hydrogens is 166 g/mol. The van der Waals surface area contributed by atoms with E-state index in [2.05, 4.69) is 24.3 Å². The largest absolute Gasteiger partial charge is 0.379 e. The van der Waals surface area contributed by atoms with Gasteiger partial charge in [0.05, 0.1) is 13.2 Å². The number of ether oxygens (including phenoxy) is 1. The van der Waals surface area contributed by atoms with Crippen molar-refractivity contribution in [1.82, 2.24) is 10.4 Å². The zero-order valence-electron chi connectivity index (χ0n) is 8.68. The van der Waals surface area contributed by atoms with E-state index < -0.39 is 0 Å². The zero-order valence-corrected chi connectivity index (χ0v) is 8.68. The van der Waals surface area contributed by atoms with Crippen LogP contribution in [0.1, 0.15) is 20.3 Å². The molecule has 4 nitrogen and oxygen atoms in total. The zero-order chi connectivity index (χ0) is 9.73. The highest BCUT2D eigenvalue weighted by atomic mass is 16.5. The Morgan fingerprint density at radius 3 is 2.54 bits per heavy atom. The van der Waals surface area contributed by atoms with Crippen LogP contribution in [0.15, 0.2) is 0 Å². The van der Waals surface area contributed by atoms with Gasteiger partial charge in [0, 0.05) is 25.2 Å². The Morgan fingerprint density at radius 2 is 2.08 bits per heavy atom. The van der Waals surface area contributed by atoms with Gasteiger partial charge in [-0.3, -0.25) is 0 Å². The second kappa shape index (κ2) is 4.91. The SMILES string of the molecule is CCC(C)(CN)NN1CCOCC1. The molecule has 1 unspecified atom stereocenters. The molecule has 0 aromatic carbocycles. The van der Waals surface area contributed by atoms with Gasteiger partial charge < -0.3 is 10.5 Å². The van der Waals surface area contributed by atoms with Crippen LogP contribution < -0.4 is 11.2 Å². The molecule has 78 valence electrons. The van der Waals surface area contributed by atoms with Crippen LogP contribution in [-0.4, -0.2) is 43.4 Å². The molecule has 0 aromatic heterocycles. The molecule has 0 spiro atoms. The van der Waals surface area contributed by atoms with E-state index in [0.717, 1.165) is 32.7 Å². The molecule has 0 amide bonds. The third kappa shape index (κ3) is 3.23. The monoisotopic (exact) mass is 187 g/mol. The van der Waals surface area contributed by atoms with Gasteiger partial charge >= 0.3 is 0 Å². The van der Waals surface area contributed by atoms with E-state index in [4.69, 9.17) is 10.5 Å². The molecule has 1 aliphatic rings. The van der Waals surface area contributed by atoms with Gasteiger partial charge in [-0.2, -0.15) is 0 Å². The Kier molecular flexibility index (Phi) is 4.12. The van der Waals surface area contributed by atoms with E-state index in [0.29, 0.717) is 6.54 Å². The van der Waals surface area contributed by atoms with Crippen LogP contribution >= 0.6 is 0 Å². The van der Waals surface area contributed by atoms with Crippen LogP contribution in [0.3, 0.4) is 0 Å². The summed E-state index contributed by atoms with van der Waals surface area (Å²) in [5.41, 5.74) is 9.21. The lowest BCUT2D eigenvalue weighted by Crippen LogP contribution is -2.58. The summed E-state index contributed by atoms with van der Waals surface area (Å²) in [5, 5.41) is 2.21. The molecule has 0 aliphatic carbocycles. The summed E-state index contributed by atoms with van der Waals surface area (Å²) in [5.74, 6) is 0. The first kappa shape index (κ1) is 10.9. The number of morpholine rings is 1. The highest BCUT2D eigenvalue weighted by molar-refractivity contribution is 4.81. The molecule has 1 heterocycles. The van der Waals surface area contributed by atoms with Gasteiger partial charge in [0.2, 0.25) is 0 Å². The maximum Gasteiger partial charge on any atom is 0.0608 e. The van der Waals surface area contributed by atoms with Crippen molar-refractivity contribution in [3.8, 4) is 0 Å². The van der Waals surface area contributed by atoms with Crippen molar-refractivity contribution in [2.45, 2.75) is 25.8 Å². The molecule has 1 rings (SSSR count). The van der Waals surface area contributed by atoms with Crippen molar-refractivity contribution in [3.05, 3.63) is 0 Å². The van der Waals surface area contributed by atoms with Gasteiger partial charge in [0.15, 0.2) is 0 Å². The van der Waals surface area contributed by atoms with Crippen molar-refractivity contribution < 1.29 is 4.74 Å². The van der Waals surface area contributed by atoms with Crippen LogP contribution in [0, 0.1) is 0 Å². The average molecular weight is 187 g/mol. The van der Waals surface area contributed by atoms with E-state index in [1.54, 1.807) is 0 Å². The molecule has 1 atom stereocenters. The summed E-state index contributed by atoms with van der Waals surface area (Å²) >= 11 is 0. The third-order valence-corrected chi connectivity index (χ3v) is 2.67. The summed E-state index contributed by atoms with van der Waals surface area (Å²) < 4.78 is 5.27. The lowest BCUT2D eigenvalue weighted by molar-refractivity contribution is -0.00944. The van der Waals surface area contributed by atoms with Crippen LogP contribution in [-0.2, 0) is 4.74 Å². The number of hydrogen-bond donors (Lipinski definition) is 2. The summed E-state index contributed by atoms with van der Waals surface area (Å²) in [6, 6.07) is 0. The van der Waals surface area contributed by atoms with Gasteiger partial charge in [-0.15, -0.1) is 0 Å². The van der Waals surface area contributed by atoms with Crippen molar-refractivity contribution in [2.75, 3.05) is 32.8 Å². The van der Waals surface area contributed by atoms with Crippen molar-refractivity contribution in [3.63, 3.8) is 0 Å². The number of hydrogen-bond acceptors (Lipinski definition) is 4. The van der Waals surface area contributed by atoms with Crippen LogP contribution in [0.5, 0.6) is 0 Å². The second-order valence-electron chi connectivity index (χ2n) is 3.83. The fourth-order valence-corrected chi connectivity index (χ4v) is 1.33. The first-order valence-electron chi connectivity index (χ1n) is 5.01. The molecular formula is C9H21N3O. The number of nitrogens with one attached hydrogen (secondary N) is 1. The number of rotatable bonds is 4.